The second kappa shape index (κ2) is 3.90. The van der Waals surface area contributed by atoms with Gasteiger partial charge in [0.05, 0.1) is 18.4 Å². The summed E-state index contributed by atoms with van der Waals surface area (Å²) in [5, 5.41) is 9.75. The molecule has 4 heteroatoms. The maximum Gasteiger partial charge on any atom is 0.308 e. The zero-order chi connectivity index (χ0) is 10.8. The summed E-state index contributed by atoms with van der Waals surface area (Å²) >= 11 is 1.47. The molecule has 0 atom stereocenters. The van der Waals surface area contributed by atoms with Gasteiger partial charge in [0.1, 0.15) is 5.75 Å². The van der Waals surface area contributed by atoms with Gasteiger partial charge in [-0.1, -0.05) is 12.1 Å². The molecular weight excluding hydrogens is 212 g/mol. The zero-order valence-corrected chi connectivity index (χ0v) is 9.00. The molecule has 0 unspecified atom stereocenters. The Morgan fingerprint density at radius 2 is 2.20 bits per heavy atom. The smallest absolute Gasteiger partial charge is 0.308 e. The van der Waals surface area contributed by atoms with Gasteiger partial charge >= 0.3 is 5.97 Å². The number of hydrogen-bond acceptors (Lipinski definition) is 3. The lowest BCUT2D eigenvalue weighted by Gasteiger charge is -1.99. The SMILES string of the molecule is COc1c(CC(=O)O)sc2ccccc12. The number of carboxylic acid groups (broad SMARTS) is 1. The molecule has 2 rings (SSSR count). The lowest BCUT2D eigenvalue weighted by Crippen LogP contribution is -1.99. The van der Waals surface area contributed by atoms with Crippen LogP contribution < -0.4 is 4.74 Å². The number of methoxy groups -OCH3 is 1. The van der Waals surface area contributed by atoms with Crippen molar-refractivity contribution in [3.63, 3.8) is 0 Å². The number of hydrogen-bond donors (Lipinski definition) is 1. The third-order valence-electron chi connectivity index (χ3n) is 2.13. The third-order valence-corrected chi connectivity index (χ3v) is 3.29. The van der Waals surface area contributed by atoms with Crippen LogP contribution in [-0.4, -0.2) is 18.2 Å². The van der Waals surface area contributed by atoms with Crippen molar-refractivity contribution in [2.24, 2.45) is 0 Å². The highest BCUT2D eigenvalue weighted by molar-refractivity contribution is 7.19. The molecule has 0 saturated heterocycles. The minimum atomic E-state index is -0.833. The van der Waals surface area contributed by atoms with Gasteiger partial charge in [-0.25, -0.2) is 0 Å². The molecule has 0 fully saturated rings. The number of fused-ring (bicyclic) bond motifs is 1. The van der Waals surface area contributed by atoms with Gasteiger partial charge in [0.25, 0.3) is 0 Å². The summed E-state index contributed by atoms with van der Waals surface area (Å²) in [6.45, 7) is 0. The van der Waals surface area contributed by atoms with Crippen molar-refractivity contribution in [3.8, 4) is 5.75 Å². The first-order chi connectivity index (χ1) is 7.22. The molecule has 1 aromatic carbocycles. The summed E-state index contributed by atoms with van der Waals surface area (Å²) in [5.41, 5.74) is 0. The van der Waals surface area contributed by atoms with Crippen LogP contribution in [0, 0.1) is 0 Å². The van der Waals surface area contributed by atoms with Crippen LogP contribution >= 0.6 is 11.3 Å². The minimum absolute atomic E-state index is 0.0164. The molecule has 2 aromatic rings. The normalized spacial score (nSPS) is 10.5. The van der Waals surface area contributed by atoms with Gasteiger partial charge in [-0.15, -0.1) is 11.3 Å². The standard InChI is InChI=1S/C11H10O3S/c1-14-11-7-4-2-3-5-8(7)15-9(11)6-10(12)13/h2-5H,6H2,1H3,(H,12,13). The van der Waals surface area contributed by atoms with E-state index in [-0.39, 0.29) is 6.42 Å². The number of carbonyl (C=O) groups is 1. The topological polar surface area (TPSA) is 46.5 Å². The summed E-state index contributed by atoms with van der Waals surface area (Å²) in [6, 6.07) is 7.76. The Morgan fingerprint density at radius 3 is 2.87 bits per heavy atom. The Bertz CT molecular complexity index is 502. The Kier molecular flexibility index (Phi) is 2.60. The minimum Gasteiger partial charge on any atom is -0.495 e. The highest BCUT2D eigenvalue weighted by atomic mass is 32.1. The van der Waals surface area contributed by atoms with Crippen LogP contribution in [0.5, 0.6) is 5.75 Å². The van der Waals surface area contributed by atoms with Crippen LogP contribution in [0.1, 0.15) is 4.88 Å². The number of benzene rings is 1. The van der Waals surface area contributed by atoms with Gasteiger partial charge in [0.2, 0.25) is 0 Å². The van der Waals surface area contributed by atoms with E-state index in [2.05, 4.69) is 0 Å². The molecule has 0 amide bonds. The molecule has 0 radical (unpaired) electrons. The average Bonchev–Trinajstić information content (AvgIpc) is 2.53. The Labute approximate surface area is 90.9 Å². The first-order valence-electron chi connectivity index (χ1n) is 4.48. The number of thiophene rings is 1. The second-order valence-electron chi connectivity index (χ2n) is 3.13. The molecule has 1 heterocycles. The molecule has 1 N–H and O–H groups in total. The number of rotatable bonds is 3. The van der Waals surface area contributed by atoms with Crippen LogP contribution in [-0.2, 0) is 11.2 Å². The van der Waals surface area contributed by atoms with E-state index >= 15 is 0 Å². The Morgan fingerprint density at radius 1 is 1.47 bits per heavy atom. The summed E-state index contributed by atoms with van der Waals surface area (Å²) in [5.74, 6) is -0.141. The van der Waals surface area contributed by atoms with Crippen LogP contribution in [0.3, 0.4) is 0 Å². The first-order valence-corrected chi connectivity index (χ1v) is 5.30. The highest BCUT2D eigenvalue weighted by Crippen LogP contribution is 2.37. The Hall–Kier alpha value is -1.55. The monoisotopic (exact) mass is 222 g/mol. The van der Waals surface area contributed by atoms with Gasteiger partial charge in [0.15, 0.2) is 0 Å². The quantitative estimate of drug-likeness (QED) is 0.868. The molecule has 15 heavy (non-hydrogen) atoms. The first kappa shape index (κ1) is 9.98. The molecule has 0 aliphatic heterocycles. The molecule has 0 saturated carbocycles. The van der Waals surface area contributed by atoms with Crippen molar-refractivity contribution < 1.29 is 14.6 Å². The molecule has 78 valence electrons. The summed E-state index contributed by atoms with van der Waals surface area (Å²) in [6.07, 6.45) is 0.0164. The van der Waals surface area contributed by atoms with Gasteiger partial charge < -0.3 is 9.84 Å². The van der Waals surface area contributed by atoms with E-state index in [0.717, 1.165) is 15.0 Å². The molecule has 3 nitrogen and oxygen atoms in total. The number of aliphatic carboxylic acids is 1. The van der Waals surface area contributed by atoms with Gasteiger partial charge in [-0.2, -0.15) is 0 Å². The van der Waals surface area contributed by atoms with E-state index in [0.29, 0.717) is 5.75 Å². The fourth-order valence-electron chi connectivity index (χ4n) is 1.55. The molecule has 0 spiro atoms. The highest BCUT2D eigenvalue weighted by Gasteiger charge is 2.14. The maximum absolute atomic E-state index is 10.7. The predicted octanol–water partition coefficient (Wildman–Crippen LogP) is 2.54. The Balaban J connectivity index is 2.58. The summed E-state index contributed by atoms with van der Waals surface area (Å²) < 4.78 is 6.31. The van der Waals surface area contributed by atoms with Crippen molar-refractivity contribution >= 4 is 27.4 Å². The summed E-state index contributed by atoms with van der Waals surface area (Å²) in [7, 11) is 1.57. The molecular formula is C11H10O3S. The number of carboxylic acids is 1. The zero-order valence-electron chi connectivity index (χ0n) is 8.19. The average molecular weight is 222 g/mol. The lowest BCUT2D eigenvalue weighted by atomic mass is 10.2. The molecule has 0 aliphatic carbocycles. The van der Waals surface area contributed by atoms with E-state index in [9.17, 15) is 4.79 Å². The lowest BCUT2D eigenvalue weighted by molar-refractivity contribution is -0.136. The van der Waals surface area contributed by atoms with Crippen LogP contribution in [0.15, 0.2) is 24.3 Å². The predicted molar refractivity (Wildman–Crippen MR) is 59.7 cm³/mol. The maximum atomic E-state index is 10.7. The second-order valence-corrected chi connectivity index (χ2v) is 4.26. The van der Waals surface area contributed by atoms with E-state index < -0.39 is 5.97 Å². The van der Waals surface area contributed by atoms with Crippen LogP contribution in [0.4, 0.5) is 0 Å². The van der Waals surface area contributed by atoms with E-state index in [1.807, 2.05) is 24.3 Å². The van der Waals surface area contributed by atoms with Crippen molar-refractivity contribution in [1.82, 2.24) is 0 Å². The molecule has 0 aliphatic rings. The van der Waals surface area contributed by atoms with Crippen molar-refractivity contribution in [1.29, 1.82) is 0 Å². The number of ether oxygens (including phenoxy) is 1. The van der Waals surface area contributed by atoms with Gasteiger partial charge in [0, 0.05) is 10.1 Å². The fraction of sp³-hybridized carbons (Fsp3) is 0.182. The third kappa shape index (κ3) is 1.80. The van der Waals surface area contributed by atoms with Crippen molar-refractivity contribution in [2.45, 2.75) is 6.42 Å². The van der Waals surface area contributed by atoms with E-state index in [1.54, 1.807) is 7.11 Å². The molecule has 0 bridgehead atoms. The van der Waals surface area contributed by atoms with Crippen LogP contribution in [0.25, 0.3) is 10.1 Å². The molecule has 1 aromatic heterocycles. The van der Waals surface area contributed by atoms with E-state index in [1.165, 1.54) is 11.3 Å². The summed E-state index contributed by atoms with van der Waals surface area (Å²) in [4.78, 5) is 11.4. The van der Waals surface area contributed by atoms with Gasteiger partial charge in [-0.05, 0) is 12.1 Å². The van der Waals surface area contributed by atoms with E-state index in [4.69, 9.17) is 9.84 Å². The van der Waals surface area contributed by atoms with Crippen molar-refractivity contribution in [3.05, 3.63) is 29.1 Å². The van der Waals surface area contributed by atoms with Gasteiger partial charge in [-0.3, -0.25) is 4.79 Å². The van der Waals surface area contributed by atoms with Crippen LogP contribution in [0.2, 0.25) is 0 Å². The largest absolute Gasteiger partial charge is 0.495 e. The fourth-order valence-corrected chi connectivity index (χ4v) is 2.71. The van der Waals surface area contributed by atoms with Crippen molar-refractivity contribution in [2.75, 3.05) is 7.11 Å².